The Morgan fingerprint density at radius 3 is 2.38 bits per heavy atom. The number of ether oxygens (including phenoxy) is 1. The predicted molar refractivity (Wildman–Crippen MR) is 182 cm³/mol. The Morgan fingerprint density at radius 1 is 0.822 bits per heavy atom. The molecule has 3 N–H and O–H groups in total. The summed E-state index contributed by atoms with van der Waals surface area (Å²) < 4.78 is 6.10. The number of piperidine rings is 1. The van der Waals surface area contributed by atoms with Gasteiger partial charge in [0, 0.05) is 27.9 Å². The molecule has 7 nitrogen and oxygen atoms in total. The molecule has 0 saturated carbocycles. The summed E-state index contributed by atoms with van der Waals surface area (Å²) in [6.45, 7) is 4.91. The highest BCUT2D eigenvalue weighted by Gasteiger charge is 2.15. The van der Waals surface area contributed by atoms with E-state index in [9.17, 15) is 4.79 Å². The lowest BCUT2D eigenvalue weighted by atomic mass is 9.99. The van der Waals surface area contributed by atoms with Crippen molar-refractivity contribution < 1.29 is 9.53 Å². The van der Waals surface area contributed by atoms with Gasteiger partial charge in [-0.1, -0.05) is 60.2 Å². The van der Waals surface area contributed by atoms with E-state index in [0.717, 1.165) is 71.2 Å². The zero-order valence-electron chi connectivity index (χ0n) is 25.2. The molecule has 224 valence electrons. The van der Waals surface area contributed by atoms with Crippen LogP contribution in [0, 0.1) is 12.8 Å². The van der Waals surface area contributed by atoms with E-state index in [1.807, 2.05) is 97.1 Å². The smallest absolute Gasteiger partial charge is 0.255 e. The number of hydrogen-bond acceptors (Lipinski definition) is 6. The second kappa shape index (κ2) is 12.8. The van der Waals surface area contributed by atoms with Crippen molar-refractivity contribution in [1.82, 2.24) is 15.3 Å². The van der Waals surface area contributed by atoms with Gasteiger partial charge in [-0.3, -0.25) is 4.79 Å². The van der Waals surface area contributed by atoms with Gasteiger partial charge in [0.25, 0.3) is 5.91 Å². The Balaban J connectivity index is 1.17. The number of amides is 1. The summed E-state index contributed by atoms with van der Waals surface area (Å²) in [5.74, 6) is 2.55. The Kier molecular flexibility index (Phi) is 8.08. The van der Waals surface area contributed by atoms with E-state index < -0.39 is 0 Å². The molecule has 1 aromatic heterocycles. The molecule has 0 atom stereocenters. The second-order valence-electron chi connectivity index (χ2n) is 11.7. The van der Waals surface area contributed by atoms with Gasteiger partial charge in [0.2, 0.25) is 0 Å². The summed E-state index contributed by atoms with van der Waals surface area (Å²) in [6, 6.07) is 35.6. The molecular weight excluding hydrogens is 558 g/mol. The third kappa shape index (κ3) is 6.64. The number of aryl methyl sites for hydroxylation is 1. The van der Waals surface area contributed by atoms with E-state index in [1.54, 1.807) is 0 Å². The van der Waals surface area contributed by atoms with Crippen LogP contribution in [0.4, 0.5) is 17.2 Å². The minimum absolute atomic E-state index is 0.174. The number of rotatable bonds is 8. The fraction of sp³-hybridized carbons (Fsp3) is 0.184. The topological polar surface area (TPSA) is 88.2 Å². The highest BCUT2D eigenvalue weighted by atomic mass is 16.5. The third-order valence-corrected chi connectivity index (χ3v) is 8.34. The number of hydrogen-bond donors (Lipinski definition) is 3. The zero-order chi connectivity index (χ0) is 30.6. The first kappa shape index (κ1) is 28.5. The van der Waals surface area contributed by atoms with Gasteiger partial charge in [0.1, 0.15) is 11.6 Å². The van der Waals surface area contributed by atoms with E-state index in [-0.39, 0.29) is 5.91 Å². The average Bonchev–Trinajstić information content (AvgIpc) is 3.08. The van der Waals surface area contributed by atoms with E-state index in [2.05, 4.69) is 35.0 Å². The van der Waals surface area contributed by atoms with Crippen molar-refractivity contribution in [2.45, 2.75) is 19.8 Å². The zero-order valence-corrected chi connectivity index (χ0v) is 25.2. The summed E-state index contributed by atoms with van der Waals surface area (Å²) in [5, 5.41) is 12.9. The molecule has 6 aromatic rings. The van der Waals surface area contributed by atoms with Crippen molar-refractivity contribution in [3.05, 3.63) is 120 Å². The average molecular weight is 594 g/mol. The Bertz CT molecular complexity index is 1970. The molecule has 0 spiro atoms. The van der Waals surface area contributed by atoms with Gasteiger partial charge in [0.15, 0.2) is 5.82 Å². The normalized spacial score (nSPS) is 13.5. The SMILES string of the molecule is Cc1ccc(-c2nc(Nc3ccc(OCC4CCNCC4)cc3)c3cc(NC(=O)c4ccc5ccccc5c4)ccc3n2)cc1. The maximum Gasteiger partial charge on any atom is 0.255 e. The maximum absolute atomic E-state index is 13.2. The van der Waals surface area contributed by atoms with Crippen LogP contribution in [0.5, 0.6) is 5.75 Å². The van der Waals surface area contributed by atoms with Gasteiger partial charge in [0.05, 0.1) is 12.1 Å². The fourth-order valence-electron chi connectivity index (χ4n) is 5.70. The number of benzene rings is 5. The van der Waals surface area contributed by atoms with Crippen LogP contribution in [0.2, 0.25) is 0 Å². The van der Waals surface area contributed by atoms with Gasteiger partial charge in [-0.2, -0.15) is 0 Å². The van der Waals surface area contributed by atoms with E-state index >= 15 is 0 Å². The van der Waals surface area contributed by atoms with E-state index in [0.29, 0.717) is 28.8 Å². The summed E-state index contributed by atoms with van der Waals surface area (Å²) in [7, 11) is 0. The lowest BCUT2D eigenvalue weighted by Crippen LogP contribution is -2.30. The molecule has 45 heavy (non-hydrogen) atoms. The van der Waals surface area contributed by atoms with Gasteiger partial charge in [-0.15, -0.1) is 0 Å². The molecule has 5 aromatic carbocycles. The van der Waals surface area contributed by atoms with Gasteiger partial charge in [-0.05, 0) is 104 Å². The second-order valence-corrected chi connectivity index (χ2v) is 11.7. The largest absolute Gasteiger partial charge is 0.493 e. The van der Waals surface area contributed by atoms with Crippen molar-refractivity contribution in [2.75, 3.05) is 30.3 Å². The van der Waals surface area contributed by atoms with Crippen LogP contribution in [0.25, 0.3) is 33.1 Å². The van der Waals surface area contributed by atoms with E-state index in [1.165, 1.54) is 5.56 Å². The lowest BCUT2D eigenvalue weighted by molar-refractivity contribution is 0.102. The quantitative estimate of drug-likeness (QED) is 0.165. The monoisotopic (exact) mass is 593 g/mol. The molecule has 1 aliphatic rings. The van der Waals surface area contributed by atoms with Gasteiger partial charge in [-0.25, -0.2) is 9.97 Å². The van der Waals surface area contributed by atoms with Crippen LogP contribution in [0.15, 0.2) is 109 Å². The lowest BCUT2D eigenvalue weighted by Gasteiger charge is -2.22. The van der Waals surface area contributed by atoms with Gasteiger partial charge < -0.3 is 20.7 Å². The number of fused-ring (bicyclic) bond motifs is 2. The molecule has 0 bridgehead atoms. The molecule has 7 rings (SSSR count). The highest BCUT2D eigenvalue weighted by molar-refractivity contribution is 6.07. The van der Waals surface area contributed by atoms with Gasteiger partial charge >= 0.3 is 0 Å². The molecule has 0 radical (unpaired) electrons. The first-order valence-corrected chi connectivity index (χ1v) is 15.5. The summed E-state index contributed by atoms with van der Waals surface area (Å²) in [4.78, 5) is 23.1. The van der Waals surface area contributed by atoms with Crippen molar-refractivity contribution in [3.8, 4) is 17.1 Å². The fourth-order valence-corrected chi connectivity index (χ4v) is 5.70. The first-order chi connectivity index (χ1) is 22.1. The van der Waals surface area contributed by atoms with Crippen LogP contribution in [0.3, 0.4) is 0 Å². The van der Waals surface area contributed by atoms with Crippen molar-refractivity contribution in [2.24, 2.45) is 5.92 Å². The Labute approximate surface area is 262 Å². The molecule has 1 aliphatic heterocycles. The number of nitrogens with one attached hydrogen (secondary N) is 3. The summed E-state index contributed by atoms with van der Waals surface area (Å²) in [6.07, 6.45) is 2.29. The van der Waals surface area contributed by atoms with E-state index in [4.69, 9.17) is 14.7 Å². The van der Waals surface area contributed by atoms with Crippen LogP contribution >= 0.6 is 0 Å². The minimum Gasteiger partial charge on any atom is -0.493 e. The highest BCUT2D eigenvalue weighted by Crippen LogP contribution is 2.31. The van der Waals surface area contributed by atoms with Crippen LogP contribution in [-0.4, -0.2) is 35.6 Å². The molecule has 1 saturated heterocycles. The number of aromatic nitrogens is 2. The van der Waals surface area contributed by atoms with Crippen molar-refractivity contribution >= 4 is 44.8 Å². The minimum atomic E-state index is -0.174. The number of nitrogens with zero attached hydrogens (tertiary/aromatic N) is 2. The molecule has 1 fully saturated rings. The van der Waals surface area contributed by atoms with Crippen LogP contribution < -0.4 is 20.7 Å². The third-order valence-electron chi connectivity index (χ3n) is 8.34. The number of carbonyl (C=O) groups is 1. The Morgan fingerprint density at radius 2 is 1.58 bits per heavy atom. The first-order valence-electron chi connectivity index (χ1n) is 15.5. The number of anilines is 3. The van der Waals surface area contributed by atoms with Crippen LogP contribution in [0.1, 0.15) is 28.8 Å². The molecule has 1 amide bonds. The molecule has 0 unspecified atom stereocenters. The molecule has 0 aliphatic carbocycles. The molecule has 2 heterocycles. The van der Waals surface area contributed by atoms with Crippen LogP contribution in [-0.2, 0) is 0 Å². The van der Waals surface area contributed by atoms with Crippen molar-refractivity contribution in [1.29, 1.82) is 0 Å². The standard InChI is InChI=1S/C38H35N5O2/c1-25-6-8-28(9-7-25)36-42-35-17-14-32(41-38(44)30-11-10-27-4-2-3-5-29(27)22-30)23-34(35)37(43-36)40-31-12-15-33(16-13-31)45-24-26-18-20-39-21-19-26/h2-17,22-23,26,39H,18-21,24H2,1H3,(H,41,44)(H,40,42,43). The maximum atomic E-state index is 13.2. The number of carbonyl (C=O) groups excluding carboxylic acids is 1. The summed E-state index contributed by atoms with van der Waals surface area (Å²) >= 11 is 0. The summed E-state index contributed by atoms with van der Waals surface area (Å²) in [5.41, 5.74) is 5.02. The Hall–Kier alpha value is -5.27. The molecule has 7 heteroatoms. The predicted octanol–water partition coefficient (Wildman–Crippen LogP) is 8.13. The van der Waals surface area contributed by atoms with Crippen molar-refractivity contribution in [3.63, 3.8) is 0 Å². The molecular formula is C38H35N5O2.